The normalized spacial score (nSPS) is 15.6. The smallest absolute Gasteiger partial charge is 0.235 e. The van der Waals surface area contributed by atoms with Gasteiger partial charge in [0.25, 0.3) is 0 Å². The minimum atomic E-state index is -0.374. The molecular formula is C19H17BrN2O. The van der Waals surface area contributed by atoms with Crippen molar-refractivity contribution in [3.8, 4) is 0 Å². The van der Waals surface area contributed by atoms with Crippen LogP contribution in [0.15, 0.2) is 59.2 Å². The molecule has 3 nitrogen and oxygen atoms in total. The zero-order valence-electron chi connectivity index (χ0n) is 12.8. The molecule has 0 radical (unpaired) electrons. The number of nitrogens with zero attached hydrogens (tertiary/aromatic N) is 1. The number of halogens is 1. The summed E-state index contributed by atoms with van der Waals surface area (Å²) in [4.78, 5) is 12.9. The maximum atomic E-state index is 12.9. The van der Waals surface area contributed by atoms with Gasteiger partial charge in [-0.25, -0.2) is 0 Å². The number of hydrogen-bond donors (Lipinski definition) is 1. The summed E-state index contributed by atoms with van der Waals surface area (Å²) in [6.07, 6.45) is 3.82. The van der Waals surface area contributed by atoms with E-state index in [4.69, 9.17) is 0 Å². The largest absolute Gasteiger partial charge is 0.350 e. The molecule has 0 aliphatic heterocycles. The van der Waals surface area contributed by atoms with Gasteiger partial charge in [0.2, 0.25) is 5.91 Å². The van der Waals surface area contributed by atoms with E-state index in [0.717, 1.165) is 39.5 Å². The summed E-state index contributed by atoms with van der Waals surface area (Å²) >= 11 is 3.50. The molecule has 1 aromatic heterocycles. The predicted molar refractivity (Wildman–Crippen MR) is 96.6 cm³/mol. The van der Waals surface area contributed by atoms with Gasteiger partial charge < -0.3 is 9.88 Å². The third-order valence-electron chi connectivity index (χ3n) is 4.74. The number of anilines is 1. The van der Waals surface area contributed by atoms with Gasteiger partial charge in [0.1, 0.15) is 0 Å². The van der Waals surface area contributed by atoms with Crippen molar-refractivity contribution in [2.45, 2.75) is 18.3 Å². The lowest BCUT2D eigenvalue weighted by molar-refractivity contribution is -0.118. The first-order chi connectivity index (χ1) is 11.1. The van der Waals surface area contributed by atoms with Crippen LogP contribution in [0.5, 0.6) is 0 Å². The summed E-state index contributed by atoms with van der Waals surface area (Å²) < 4.78 is 3.07. The van der Waals surface area contributed by atoms with Crippen LogP contribution in [-0.4, -0.2) is 10.5 Å². The van der Waals surface area contributed by atoms with Crippen LogP contribution in [0.25, 0.3) is 10.9 Å². The molecule has 4 heteroatoms. The zero-order chi connectivity index (χ0) is 16.0. The quantitative estimate of drug-likeness (QED) is 0.719. The zero-order valence-corrected chi connectivity index (χ0v) is 14.4. The lowest BCUT2D eigenvalue weighted by atomic mass is 9.95. The first-order valence-corrected chi connectivity index (χ1v) is 8.51. The Morgan fingerprint density at radius 1 is 1.17 bits per heavy atom. The molecule has 1 fully saturated rings. The van der Waals surface area contributed by atoms with E-state index in [1.54, 1.807) is 0 Å². The summed E-state index contributed by atoms with van der Waals surface area (Å²) in [5, 5.41) is 4.23. The molecule has 2 aromatic carbocycles. The van der Waals surface area contributed by atoms with Crippen LogP contribution in [0.2, 0.25) is 0 Å². The molecule has 1 aliphatic rings. The van der Waals surface area contributed by atoms with E-state index in [9.17, 15) is 4.79 Å². The van der Waals surface area contributed by atoms with Gasteiger partial charge in [0, 0.05) is 28.6 Å². The number of amides is 1. The van der Waals surface area contributed by atoms with Gasteiger partial charge in [-0.05, 0) is 48.7 Å². The molecule has 116 valence electrons. The molecule has 0 saturated heterocycles. The number of benzene rings is 2. The van der Waals surface area contributed by atoms with Crippen LogP contribution in [0.4, 0.5) is 5.69 Å². The highest BCUT2D eigenvalue weighted by atomic mass is 79.9. The number of hydrogen-bond acceptors (Lipinski definition) is 1. The van der Waals surface area contributed by atoms with E-state index in [-0.39, 0.29) is 11.3 Å². The Kier molecular flexibility index (Phi) is 3.31. The monoisotopic (exact) mass is 368 g/mol. The molecule has 1 heterocycles. The molecule has 0 spiro atoms. The van der Waals surface area contributed by atoms with Crippen LogP contribution in [0, 0.1) is 0 Å². The fraction of sp³-hybridized carbons (Fsp3) is 0.211. The molecule has 4 rings (SSSR count). The average Bonchev–Trinajstić information content (AvgIpc) is 3.27. The highest BCUT2D eigenvalue weighted by Gasteiger charge is 2.51. The van der Waals surface area contributed by atoms with Crippen molar-refractivity contribution in [3.05, 3.63) is 64.8 Å². The summed E-state index contributed by atoms with van der Waals surface area (Å²) in [6, 6.07) is 16.1. The minimum Gasteiger partial charge on any atom is -0.350 e. The van der Waals surface area contributed by atoms with E-state index in [2.05, 4.69) is 37.9 Å². The van der Waals surface area contributed by atoms with Crippen molar-refractivity contribution >= 4 is 38.4 Å². The summed E-state index contributed by atoms with van der Waals surface area (Å²) in [7, 11) is 2.01. The molecule has 0 bridgehead atoms. The SMILES string of the molecule is Cn1ccc2c(NC(=O)C3(c4cccc(Br)c4)CC3)cccc21. The molecular weight excluding hydrogens is 352 g/mol. The van der Waals surface area contributed by atoms with Gasteiger partial charge in [0.15, 0.2) is 0 Å². The minimum absolute atomic E-state index is 0.0898. The van der Waals surface area contributed by atoms with Crippen molar-refractivity contribution < 1.29 is 4.79 Å². The van der Waals surface area contributed by atoms with Crippen molar-refractivity contribution in [1.82, 2.24) is 4.57 Å². The Bertz CT molecular complexity index is 909. The van der Waals surface area contributed by atoms with Crippen LogP contribution in [-0.2, 0) is 17.3 Å². The first kappa shape index (κ1) is 14.5. The maximum absolute atomic E-state index is 12.9. The van der Waals surface area contributed by atoms with Crippen LogP contribution < -0.4 is 5.32 Å². The van der Waals surface area contributed by atoms with Crippen LogP contribution >= 0.6 is 15.9 Å². The molecule has 23 heavy (non-hydrogen) atoms. The van der Waals surface area contributed by atoms with E-state index < -0.39 is 0 Å². The number of fused-ring (bicyclic) bond motifs is 1. The van der Waals surface area contributed by atoms with Gasteiger partial charge in [0.05, 0.1) is 11.1 Å². The lowest BCUT2D eigenvalue weighted by Gasteiger charge is -2.17. The van der Waals surface area contributed by atoms with E-state index in [1.165, 1.54) is 0 Å². The van der Waals surface area contributed by atoms with Crippen LogP contribution in [0.1, 0.15) is 18.4 Å². The second-order valence-electron chi connectivity index (χ2n) is 6.21. The Labute approximate surface area is 143 Å². The molecule has 0 atom stereocenters. The average molecular weight is 369 g/mol. The van der Waals surface area contributed by atoms with Gasteiger partial charge in [-0.15, -0.1) is 0 Å². The summed E-state index contributed by atoms with van der Waals surface area (Å²) in [5.74, 6) is 0.0898. The Morgan fingerprint density at radius 3 is 2.70 bits per heavy atom. The Balaban J connectivity index is 1.67. The number of carbonyl (C=O) groups is 1. The number of nitrogens with one attached hydrogen (secondary N) is 1. The third kappa shape index (κ3) is 2.38. The highest BCUT2D eigenvalue weighted by Crippen LogP contribution is 2.49. The lowest BCUT2D eigenvalue weighted by Crippen LogP contribution is -2.27. The summed E-state index contributed by atoms with van der Waals surface area (Å²) in [6.45, 7) is 0. The van der Waals surface area contributed by atoms with E-state index in [0.29, 0.717) is 0 Å². The number of aromatic nitrogens is 1. The highest BCUT2D eigenvalue weighted by molar-refractivity contribution is 9.10. The molecule has 0 unspecified atom stereocenters. The molecule has 1 aliphatic carbocycles. The molecule has 1 saturated carbocycles. The van der Waals surface area contributed by atoms with Gasteiger partial charge in [-0.3, -0.25) is 4.79 Å². The number of carbonyl (C=O) groups excluding carboxylic acids is 1. The van der Waals surface area contributed by atoms with Crippen molar-refractivity contribution in [3.63, 3.8) is 0 Å². The van der Waals surface area contributed by atoms with Crippen molar-refractivity contribution in [1.29, 1.82) is 0 Å². The third-order valence-corrected chi connectivity index (χ3v) is 5.23. The van der Waals surface area contributed by atoms with Gasteiger partial charge >= 0.3 is 0 Å². The summed E-state index contributed by atoms with van der Waals surface area (Å²) in [5.41, 5.74) is 2.72. The molecule has 1 amide bonds. The Hall–Kier alpha value is -2.07. The second kappa shape index (κ2) is 5.24. The van der Waals surface area contributed by atoms with Crippen molar-refractivity contribution in [2.24, 2.45) is 7.05 Å². The van der Waals surface area contributed by atoms with Gasteiger partial charge in [-0.2, -0.15) is 0 Å². The topological polar surface area (TPSA) is 34.0 Å². The van der Waals surface area contributed by atoms with E-state index >= 15 is 0 Å². The van der Waals surface area contributed by atoms with E-state index in [1.807, 2.05) is 49.6 Å². The van der Waals surface area contributed by atoms with Crippen molar-refractivity contribution in [2.75, 3.05) is 5.32 Å². The maximum Gasteiger partial charge on any atom is 0.235 e. The number of rotatable bonds is 3. The molecule has 1 N–H and O–H groups in total. The number of aryl methyl sites for hydroxylation is 1. The molecule has 3 aromatic rings. The Morgan fingerprint density at radius 2 is 1.96 bits per heavy atom. The predicted octanol–water partition coefficient (Wildman–Crippen LogP) is 4.61. The fourth-order valence-corrected chi connectivity index (χ4v) is 3.61. The second-order valence-corrected chi connectivity index (χ2v) is 7.13. The van der Waals surface area contributed by atoms with Crippen LogP contribution in [0.3, 0.4) is 0 Å². The fourth-order valence-electron chi connectivity index (χ4n) is 3.21. The van der Waals surface area contributed by atoms with Gasteiger partial charge in [-0.1, -0.05) is 34.1 Å². The standard InChI is InChI=1S/C19H17BrN2O/c1-22-11-8-15-16(6-3-7-17(15)22)21-18(23)19(9-10-19)13-4-2-5-14(20)12-13/h2-8,11-12H,9-10H2,1H3,(H,21,23). The first-order valence-electron chi connectivity index (χ1n) is 7.72.